The lowest BCUT2D eigenvalue weighted by atomic mass is 10.2. The first-order chi connectivity index (χ1) is 12.0. The summed E-state index contributed by atoms with van der Waals surface area (Å²) in [5.41, 5.74) is 10.9. The Morgan fingerprint density at radius 1 is 0.593 bits per heavy atom. The second kappa shape index (κ2) is 10.1. The normalized spacial score (nSPS) is 9.74. The summed E-state index contributed by atoms with van der Waals surface area (Å²) in [6.07, 6.45) is 0. The summed E-state index contributed by atoms with van der Waals surface area (Å²) >= 11 is 0. The fraction of sp³-hybridized carbons (Fsp3) is 0.571. The largest absolute Gasteiger partial charge is 0.282 e. The number of aromatic amines is 1. The molecule has 3 aromatic heterocycles. The minimum atomic E-state index is 0. The first-order valence-electron chi connectivity index (χ1n) is 8.89. The van der Waals surface area contributed by atoms with E-state index in [1.807, 2.05) is 51.2 Å². The van der Waals surface area contributed by atoms with Crippen LogP contribution in [0.4, 0.5) is 0 Å². The fourth-order valence-electron chi connectivity index (χ4n) is 2.37. The third-order valence-electron chi connectivity index (χ3n) is 5.24. The highest BCUT2D eigenvalue weighted by Gasteiger charge is 2.02. The molecule has 0 unspecified atom stereocenters. The van der Waals surface area contributed by atoms with Crippen LogP contribution in [0.5, 0.6) is 0 Å². The molecule has 0 aliphatic rings. The summed E-state index contributed by atoms with van der Waals surface area (Å²) < 4.78 is 3.81. The van der Waals surface area contributed by atoms with Crippen molar-refractivity contribution in [3.05, 3.63) is 50.9 Å². The highest BCUT2D eigenvalue weighted by molar-refractivity contribution is 5.22. The molecule has 0 aromatic carbocycles. The van der Waals surface area contributed by atoms with E-state index in [2.05, 4.69) is 55.0 Å². The molecule has 3 aromatic rings. The van der Waals surface area contributed by atoms with Crippen LogP contribution in [0.15, 0.2) is 0 Å². The number of aromatic nitrogens is 6. The molecule has 0 atom stereocenters. The molecule has 6 heteroatoms. The molecule has 0 fully saturated rings. The Morgan fingerprint density at radius 3 is 1.04 bits per heavy atom. The zero-order chi connectivity index (χ0) is 20.2. The van der Waals surface area contributed by atoms with Crippen molar-refractivity contribution in [2.75, 3.05) is 0 Å². The van der Waals surface area contributed by atoms with Gasteiger partial charge in [-0.25, -0.2) is 0 Å². The molecule has 0 saturated carbocycles. The van der Waals surface area contributed by atoms with E-state index in [-0.39, 0.29) is 7.43 Å². The van der Waals surface area contributed by atoms with Crippen LogP contribution in [-0.2, 0) is 14.1 Å². The van der Waals surface area contributed by atoms with Crippen LogP contribution in [0.25, 0.3) is 0 Å². The van der Waals surface area contributed by atoms with Crippen LogP contribution < -0.4 is 0 Å². The van der Waals surface area contributed by atoms with E-state index in [9.17, 15) is 0 Å². The smallest absolute Gasteiger partial charge is 0.0625 e. The van der Waals surface area contributed by atoms with E-state index in [1.165, 1.54) is 33.8 Å². The number of hydrogen-bond acceptors (Lipinski definition) is 3. The summed E-state index contributed by atoms with van der Waals surface area (Å²) in [5.74, 6) is 0. The number of aryl methyl sites for hydroxylation is 6. The molecule has 0 saturated heterocycles. The van der Waals surface area contributed by atoms with Gasteiger partial charge >= 0.3 is 0 Å². The number of H-pyrrole nitrogens is 1. The molecule has 0 bridgehead atoms. The highest BCUT2D eigenvalue weighted by atomic mass is 15.3. The SMILES string of the molecule is C.Cc1n[nH]c(C)c1C.Cc1nn(C)c(C)c1C.Cc1nn(C)c(C)c1C. The van der Waals surface area contributed by atoms with Gasteiger partial charge in [-0.3, -0.25) is 14.5 Å². The lowest BCUT2D eigenvalue weighted by molar-refractivity contribution is 0.730. The monoisotopic (exact) mass is 374 g/mol. The molecular formula is C21H38N6. The van der Waals surface area contributed by atoms with Crippen molar-refractivity contribution < 1.29 is 0 Å². The van der Waals surface area contributed by atoms with E-state index in [0.717, 1.165) is 17.1 Å². The van der Waals surface area contributed by atoms with Crippen molar-refractivity contribution in [2.45, 2.75) is 69.7 Å². The van der Waals surface area contributed by atoms with E-state index in [0.29, 0.717) is 0 Å². The third-order valence-corrected chi connectivity index (χ3v) is 5.24. The number of nitrogens with one attached hydrogen (secondary N) is 1. The predicted octanol–water partition coefficient (Wildman–Crippen LogP) is 4.66. The molecule has 1 N–H and O–H groups in total. The van der Waals surface area contributed by atoms with Crippen molar-refractivity contribution in [3.63, 3.8) is 0 Å². The van der Waals surface area contributed by atoms with E-state index >= 15 is 0 Å². The van der Waals surface area contributed by atoms with Gasteiger partial charge in [0, 0.05) is 31.2 Å². The van der Waals surface area contributed by atoms with Gasteiger partial charge < -0.3 is 0 Å². The first-order valence-corrected chi connectivity index (χ1v) is 8.89. The van der Waals surface area contributed by atoms with Gasteiger partial charge in [0.15, 0.2) is 0 Å². The first kappa shape index (κ1) is 24.6. The summed E-state index contributed by atoms with van der Waals surface area (Å²) in [7, 11) is 3.94. The van der Waals surface area contributed by atoms with Gasteiger partial charge in [-0.1, -0.05) is 7.43 Å². The third kappa shape index (κ3) is 6.08. The molecule has 27 heavy (non-hydrogen) atoms. The molecule has 152 valence electrons. The van der Waals surface area contributed by atoms with Crippen LogP contribution >= 0.6 is 0 Å². The van der Waals surface area contributed by atoms with Gasteiger partial charge in [0.25, 0.3) is 0 Å². The van der Waals surface area contributed by atoms with Gasteiger partial charge in [-0.05, 0) is 79.0 Å². The Labute approximate surface area is 165 Å². The number of rotatable bonds is 0. The highest BCUT2D eigenvalue weighted by Crippen LogP contribution is 2.09. The molecule has 0 aliphatic carbocycles. The Bertz CT molecular complexity index is 749. The van der Waals surface area contributed by atoms with E-state index in [1.54, 1.807) is 0 Å². The predicted molar refractivity (Wildman–Crippen MR) is 114 cm³/mol. The summed E-state index contributed by atoms with van der Waals surface area (Å²) in [4.78, 5) is 0. The van der Waals surface area contributed by atoms with E-state index < -0.39 is 0 Å². The maximum absolute atomic E-state index is 4.23. The van der Waals surface area contributed by atoms with Crippen molar-refractivity contribution >= 4 is 0 Å². The van der Waals surface area contributed by atoms with Gasteiger partial charge in [-0.2, -0.15) is 15.3 Å². The molecule has 0 amide bonds. The van der Waals surface area contributed by atoms with Crippen molar-refractivity contribution in [1.82, 2.24) is 29.8 Å². The van der Waals surface area contributed by atoms with Crippen LogP contribution in [0.2, 0.25) is 0 Å². The maximum atomic E-state index is 4.23. The molecular weight excluding hydrogens is 336 g/mol. The Hall–Kier alpha value is -2.37. The standard InChI is InChI=1S/2C7H12N2.C6H10N2.CH4/c2*1-5-6(2)8-9(4)7(5)3;1-4-5(2)7-8-6(4)3;/h2*1-4H3;1-3H3,(H,7,8);1H4. The molecule has 3 heterocycles. The minimum absolute atomic E-state index is 0. The molecule has 0 aliphatic heterocycles. The molecule has 6 nitrogen and oxygen atoms in total. The van der Waals surface area contributed by atoms with E-state index in [4.69, 9.17) is 0 Å². The van der Waals surface area contributed by atoms with Crippen LogP contribution in [0.1, 0.15) is 58.3 Å². The maximum Gasteiger partial charge on any atom is 0.0625 e. The number of nitrogens with zero attached hydrogens (tertiary/aromatic N) is 5. The fourth-order valence-corrected chi connectivity index (χ4v) is 2.37. The Morgan fingerprint density at radius 2 is 0.963 bits per heavy atom. The van der Waals surface area contributed by atoms with Gasteiger partial charge in [0.05, 0.1) is 17.1 Å². The molecule has 0 spiro atoms. The molecule has 3 rings (SSSR count). The quantitative estimate of drug-likeness (QED) is 0.622. The lowest BCUT2D eigenvalue weighted by Crippen LogP contribution is -1.92. The Balaban J connectivity index is 0.000000369. The van der Waals surface area contributed by atoms with Crippen molar-refractivity contribution in [1.29, 1.82) is 0 Å². The van der Waals surface area contributed by atoms with Gasteiger partial charge in [0.1, 0.15) is 0 Å². The average molecular weight is 375 g/mol. The average Bonchev–Trinajstić information content (AvgIpc) is 3.09. The van der Waals surface area contributed by atoms with Crippen molar-refractivity contribution in [2.24, 2.45) is 14.1 Å². The zero-order valence-corrected chi connectivity index (χ0v) is 18.2. The van der Waals surface area contributed by atoms with Crippen LogP contribution in [0.3, 0.4) is 0 Å². The van der Waals surface area contributed by atoms with Gasteiger partial charge in [-0.15, -0.1) is 0 Å². The second-order valence-electron chi connectivity index (χ2n) is 6.90. The topological polar surface area (TPSA) is 64.3 Å². The minimum Gasteiger partial charge on any atom is -0.282 e. The Kier molecular flexibility index (Phi) is 9.21. The van der Waals surface area contributed by atoms with Crippen LogP contribution in [0, 0.1) is 62.3 Å². The number of hydrogen-bond donors (Lipinski definition) is 1. The van der Waals surface area contributed by atoms with Crippen LogP contribution in [-0.4, -0.2) is 29.8 Å². The van der Waals surface area contributed by atoms with Gasteiger partial charge in [0.2, 0.25) is 0 Å². The van der Waals surface area contributed by atoms with Crippen molar-refractivity contribution in [3.8, 4) is 0 Å². The summed E-state index contributed by atoms with van der Waals surface area (Å²) in [5, 5.41) is 15.3. The summed E-state index contributed by atoms with van der Waals surface area (Å²) in [6, 6.07) is 0. The second-order valence-corrected chi connectivity index (χ2v) is 6.90. The lowest BCUT2D eigenvalue weighted by Gasteiger charge is -1.90. The zero-order valence-electron chi connectivity index (χ0n) is 18.2. The molecule has 0 radical (unpaired) electrons. The summed E-state index contributed by atoms with van der Waals surface area (Å²) in [6.45, 7) is 18.5.